The van der Waals surface area contributed by atoms with E-state index in [0.29, 0.717) is 43.7 Å². The molecule has 2 fully saturated rings. The van der Waals surface area contributed by atoms with Crippen LogP contribution in [-0.4, -0.2) is 62.0 Å². The minimum atomic E-state index is -1.10. The third kappa shape index (κ3) is 8.18. The monoisotopic (exact) mass is 477 g/mol. The zero-order valence-electron chi connectivity index (χ0n) is 18.8. The van der Waals surface area contributed by atoms with E-state index in [1.807, 2.05) is 24.3 Å². The summed E-state index contributed by atoms with van der Waals surface area (Å²) in [6, 6.07) is 8.49. The summed E-state index contributed by atoms with van der Waals surface area (Å²) in [6.07, 6.45) is 4.31. The molecule has 2 amide bonds. The van der Waals surface area contributed by atoms with E-state index in [9.17, 15) is 14.9 Å². The van der Waals surface area contributed by atoms with E-state index < -0.39 is 18.2 Å². The number of carbonyl (C=O) groups excluding carboxylic acids is 2. The molecule has 2 aliphatic rings. The Morgan fingerprint density at radius 3 is 2.64 bits per heavy atom. The van der Waals surface area contributed by atoms with Crippen molar-refractivity contribution >= 4 is 23.6 Å². The second kappa shape index (κ2) is 13.4. The van der Waals surface area contributed by atoms with Crippen LogP contribution in [0.4, 0.5) is 4.79 Å². The molecular formula is C24H32ClN3O5. The Bertz CT molecular complexity index is 819. The number of carbonyl (C=O) groups is 2. The van der Waals surface area contributed by atoms with Crippen molar-refractivity contribution in [3.63, 3.8) is 0 Å². The molecule has 0 radical (unpaired) electrons. The second-order valence-electron chi connectivity index (χ2n) is 8.50. The molecule has 8 nitrogen and oxygen atoms in total. The van der Waals surface area contributed by atoms with Gasteiger partial charge in [0.15, 0.2) is 0 Å². The lowest BCUT2D eigenvalue weighted by atomic mass is 9.84. The second-order valence-corrected chi connectivity index (χ2v) is 8.91. The van der Waals surface area contributed by atoms with Gasteiger partial charge in [-0.2, -0.15) is 5.26 Å². The Morgan fingerprint density at radius 2 is 1.94 bits per heavy atom. The van der Waals surface area contributed by atoms with Gasteiger partial charge in [-0.1, -0.05) is 61.9 Å². The number of nitrogens with one attached hydrogen (secondary N) is 1. The maximum absolute atomic E-state index is 13.1. The molecule has 2 atom stereocenters. The van der Waals surface area contributed by atoms with Gasteiger partial charge in [0.2, 0.25) is 12.0 Å². The van der Waals surface area contributed by atoms with Crippen molar-refractivity contribution in [3.05, 3.63) is 34.9 Å². The van der Waals surface area contributed by atoms with Crippen LogP contribution in [0, 0.1) is 17.2 Å². The molecule has 1 aromatic rings. The Balaban J connectivity index is 1.53. The minimum Gasteiger partial charge on any atom is -0.428 e. The average Bonchev–Trinajstić information content (AvgIpc) is 2.85. The molecule has 180 valence electrons. The number of ether oxygens (including phenoxy) is 3. The largest absolute Gasteiger partial charge is 0.428 e. The third-order valence-corrected chi connectivity index (χ3v) is 6.45. The zero-order chi connectivity index (χ0) is 23.5. The number of halogens is 1. The van der Waals surface area contributed by atoms with Crippen LogP contribution in [0.2, 0.25) is 5.02 Å². The van der Waals surface area contributed by atoms with Gasteiger partial charge in [-0.15, -0.1) is 0 Å². The average molecular weight is 478 g/mol. The van der Waals surface area contributed by atoms with Crippen LogP contribution >= 0.6 is 11.6 Å². The Morgan fingerprint density at radius 1 is 1.21 bits per heavy atom. The molecule has 1 aliphatic carbocycles. The van der Waals surface area contributed by atoms with E-state index in [2.05, 4.69) is 5.32 Å². The smallest absolute Gasteiger partial charge is 0.409 e. The SMILES string of the molecule is N#CC(COCc1ccccc1Cl)OC(=O)N[C@H](CC1CCCCC1)C(=O)N1CCOCC1. The van der Waals surface area contributed by atoms with Gasteiger partial charge in [-0.3, -0.25) is 4.79 Å². The van der Waals surface area contributed by atoms with Gasteiger partial charge in [-0.05, 0) is 24.0 Å². The molecule has 0 spiro atoms. The number of nitriles is 1. The van der Waals surface area contributed by atoms with Crippen LogP contribution in [0.1, 0.15) is 44.1 Å². The number of amides is 2. The van der Waals surface area contributed by atoms with E-state index in [-0.39, 0.29) is 19.1 Å². The maximum Gasteiger partial charge on any atom is 0.409 e. The number of benzene rings is 1. The molecule has 1 aliphatic heterocycles. The van der Waals surface area contributed by atoms with Crippen LogP contribution in [0.3, 0.4) is 0 Å². The van der Waals surface area contributed by atoms with Crippen molar-refractivity contribution < 1.29 is 23.8 Å². The molecule has 1 N–H and O–H groups in total. The number of morpholine rings is 1. The predicted molar refractivity (Wildman–Crippen MR) is 123 cm³/mol. The molecule has 1 saturated carbocycles. The normalized spacial score (nSPS) is 18.7. The predicted octanol–water partition coefficient (Wildman–Crippen LogP) is 3.67. The molecule has 0 bridgehead atoms. The lowest BCUT2D eigenvalue weighted by Gasteiger charge is -2.33. The molecule has 1 unspecified atom stereocenters. The van der Waals surface area contributed by atoms with Crippen molar-refractivity contribution in [1.82, 2.24) is 10.2 Å². The first-order valence-electron chi connectivity index (χ1n) is 11.6. The first-order chi connectivity index (χ1) is 16.1. The molecule has 0 aromatic heterocycles. The van der Waals surface area contributed by atoms with Crippen molar-refractivity contribution in [1.29, 1.82) is 5.26 Å². The van der Waals surface area contributed by atoms with Gasteiger partial charge in [-0.25, -0.2) is 4.79 Å². The van der Waals surface area contributed by atoms with E-state index in [0.717, 1.165) is 31.2 Å². The number of alkyl carbamates (subject to hydrolysis) is 1. The minimum absolute atomic E-state index is 0.0974. The zero-order valence-corrected chi connectivity index (χ0v) is 19.6. The van der Waals surface area contributed by atoms with Gasteiger partial charge in [0.1, 0.15) is 12.1 Å². The highest BCUT2D eigenvalue weighted by molar-refractivity contribution is 6.31. The number of rotatable bonds is 9. The molecule has 1 heterocycles. The molecule has 1 aromatic carbocycles. The number of hydrogen-bond donors (Lipinski definition) is 1. The number of nitrogens with zero attached hydrogens (tertiary/aromatic N) is 2. The van der Waals surface area contributed by atoms with Gasteiger partial charge < -0.3 is 24.4 Å². The Kier molecular flexibility index (Phi) is 10.3. The molecular weight excluding hydrogens is 446 g/mol. The summed E-state index contributed by atoms with van der Waals surface area (Å²) in [6.45, 7) is 2.10. The summed E-state index contributed by atoms with van der Waals surface area (Å²) in [5.41, 5.74) is 0.781. The highest BCUT2D eigenvalue weighted by atomic mass is 35.5. The first-order valence-corrected chi connectivity index (χ1v) is 12.0. The van der Waals surface area contributed by atoms with Crippen LogP contribution in [0.15, 0.2) is 24.3 Å². The summed E-state index contributed by atoms with van der Waals surface area (Å²) >= 11 is 6.10. The van der Waals surface area contributed by atoms with Gasteiger partial charge in [0.05, 0.1) is 26.4 Å². The van der Waals surface area contributed by atoms with E-state index in [1.165, 1.54) is 6.42 Å². The fourth-order valence-corrected chi connectivity index (χ4v) is 4.47. The Hall–Kier alpha value is -2.34. The van der Waals surface area contributed by atoms with Gasteiger partial charge in [0.25, 0.3) is 0 Å². The maximum atomic E-state index is 13.1. The van der Waals surface area contributed by atoms with Crippen LogP contribution in [0.25, 0.3) is 0 Å². The highest BCUT2D eigenvalue weighted by Crippen LogP contribution is 2.28. The quantitative estimate of drug-likeness (QED) is 0.582. The molecule has 9 heteroatoms. The van der Waals surface area contributed by atoms with Crippen LogP contribution in [0.5, 0.6) is 0 Å². The van der Waals surface area contributed by atoms with Crippen molar-refractivity contribution in [2.45, 2.75) is 57.3 Å². The van der Waals surface area contributed by atoms with Crippen molar-refractivity contribution in [2.24, 2.45) is 5.92 Å². The molecule has 1 saturated heterocycles. The molecule has 3 rings (SSSR count). The highest BCUT2D eigenvalue weighted by Gasteiger charge is 2.31. The summed E-state index contributed by atoms with van der Waals surface area (Å²) < 4.78 is 16.1. The topological polar surface area (TPSA) is 101 Å². The fourth-order valence-electron chi connectivity index (χ4n) is 4.28. The summed E-state index contributed by atoms with van der Waals surface area (Å²) in [5.74, 6) is 0.268. The van der Waals surface area contributed by atoms with Crippen LogP contribution in [-0.2, 0) is 25.6 Å². The van der Waals surface area contributed by atoms with Crippen molar-refractivity contribution in [2.75, 3.05) is 32.9 Å². The third-order valence-electron chi connectivity index (χ3n) is 6.08. The van der Waals surface area contributed by atoms with E-state index in [1.54, 1.807) is 11.0 Å². The number of hydrogen-bond acceptors (Lipinski definition) is 6. The molecule has 33 heavy (non-hydrogen) atoms. The summed E-state index contributed by atoms with van der Waals surface area (Å²) in [7, 11) is 0. The van der Waals surface area contributed by atoms with Crippen LogP contribution < -0.4 is 5.32 Å². The van der Waals surface area contributed by atoms with Gasteiger partial charge in [0, 0.05) is 18.1 Å². The van der Waals surface area contributed by atoms with Crippen molar-refractivity contribution in [3.8, 4) is 6.07 Å². The summed E-state index contributed by atoms with van der Waals surface area (Å²) in [4.78, 5) is 27.4. The fraction of sp³-hybridized carbons (Fsp3) is 0.625. The first kappa shape index (κ1) is 25.3. The standard InChI is InChI=1S/C24H32ClN3O5/c25-21-9-5-4-8-19(21)16-32-17-20(15-26)33-24(30)27-22(14-18-6-2-1-3-7-18)23(29)28-10-12-31-13-11-28/h4-5,8-9,18,20,22H,1-3,6-7,10-14,16-17H2,(H,27,30)/t20?,22-/m1/s1. The van der Waals surface area contributed by atoms with Gasteiger partial charge >= 0.3 is 6.09 Å². The summed E-state index contributed by atoms with van der Waals surface area (Å²) in [5, 5.41) is 12.7. The lowest BCUT2D eigenvalue weighted by molar-refractivity contribution is -0.138. The lowest BCUT2D eigenvalue weighted by Crippen LogP contribution is -2.52. The van der Waals surface area contributed by atoms with E-state index in [4.69, 9.17) is 25.8 Å². The Labute approximate surface area is 200 Å². The van der Waals surface area contributed by atoms with E-state index >= 15 is 0 Å².